The number of nitrogens with zero attached hydrogens (tertiary/aromatic N) is 3. The number of hydrogen-bond acceptors (Lipinski definition) is 4. The molecule has 3 aromatic carbocycles. The van der Waals surface area contributed by atoms with E-state index in [1.165, 1.54) is 6.07 Å². The van der Waals surface area contributed by atoms with Crippen molar-refractivity contribution in [2.24, 2.45) is 0 Å². The predicted molar refractivity (Wildman–Crippen MR) is 191 cm³/mol. The second kappa shape index (κ2) is 14.7. The summed E-state index contributed by atoms with van der Waals surface area (Å²) < 4.78 is 16.8. The fourth-order valence-corrected chi connectivity index (χ4v) is 6.46. The summed E-state index contributed by atoms with van der Waals surface area (Å²) in [5, 5.41) is 22.7. The predicted octanol–water partition coefficient (Wildman–Crippen LogP) is 7.43. The Morgan fingerprint density at radius 2 is 1.63 bits per heavy atom. The van der Waals surface area contributed by atoms with Crippen molar-refractivity contribution < 1.29 is 19.2 Å². The average molecular weight is 625 g/mol. The van der Waals surface area contributed by atoms with Crippen LogP contribution in [0, 0.1) is 19.7 Å². The lowest BCUT2D eigenvalue weighted by Gasteiger charge is -2.42. The Kier molecular flexibility index (Phi) is 11.2. The highest BCUT2D eigenvalue weighted by Gasteiger charge is 2.37. The Morgan fingerprint density at radius 1 is 0.978 bits per heavy atom. The van der Waals surface area contributed by atoms with Crippen LogP contribution in [-0.4, -0.2) is 65.2 Å². The van der Waals surface area contributed by atoms with Gasteiger partial charge in [-0.3, -0.25) is 0 Å². The number of halogens is 1. The van der Waals surface area contributed by atoms with Crippen LogP contribution in [0.1, 0.15) is 67.0 Å². The zero-order valence-corrected chi connectivity index (χ0v) is 28.4. The van der Waals surface area contributed by atoms with Crippen LogP contribution in [0.2, 0.25) is 0 Å². The zero-order chi connectivity index (χ0) is 33.6. The molecule has 0 radical (unpaired) electrons. The van der Waals surface area contributed by atoms with Gasteiger partial charge in [-0.05, 0) is 71.9 Å². The van der Waals surface area contributed by atoms with Gasteiger partial charge in [0.1, 0.15) is 12.9 Å². The van der Waals surface area contributed by atoms with Crippen molar-refractivity contribution >= 4 is 23.6 Å². The van der Waals surface area contributed by atoms with Crippen LogP contribution < -0.4 is 4.90 Å². The lowest BCUT2D eigenvalue weighted by Crippen LogP contribution is -2.55. The molecule has 46 heavy (non-hydrogen) atoms. The van der Waals surface area contributed by atoms with Crippen molar-refractivity contribution in [3.05, 3.63) is 125 Å². The molecule has 1 aliphatic rings. The molecule has 1 atom stereocenters. The second-order valence-corrected chi connectivity index (χ2v) is 13.0. The molecule has 1 heterocycles. The maximum Gasteiger partial charge on any atom is 0.253 e. The number of likely N-dealkylation sites (N-methyl/N-ethyl adjacent to an activating group) is 1. The van der Waals surface area contributed by atoms with Crippen LogP contribution >= 0.6 is 0 Å². The summed E-state index contributed by atoms with van der Waals surface area (Å²) in [4.78, 5) is 3.60. The third kappa shape index (κ3) is 7.41. The van der Waals surface area contributed by atoms with Crippen molar-refractivity contribution in [2.75, 3.05) is 38.1 Å². The Hall–Kier alpha value is -3.84. The van der Waals surface area contributed by atoms with E-state index in [1.54, 1.807) is 23.1 Å². The van der Waals surface area contributed by atoms with Gasteiger partial charge >= 0.3 is 0 Å². The third-order valence-corrected chi connectivity index (χ3v) is 9.57. The van der Waals surface area contributed by atoms with Crippen LogP contribution in [0.25, 0.3) is 11.6 Å². The number of benzene rings is 3. The number of anilines is 1. The zero-order valence-electron chi connectivity index (χ0n) is 28.4. The van der Waals surface area contributed by atoms with Crippen LogP contribution in [0.5, 0.6) is 0 Å². The lowest BCUT2D eigenvalue weighted by molar-refractivity contribution is -0.521. The minimum atomic E-state index is -2.15. The lowest BCUT2D eigenvalue weighted by atomic mass is 9.73. The fourth-order valence-electron chi connectivity index (χ4n) is 6.46. The van der Waals surface area contributed by atoms with Gasteiger partial charge in [-0.25, -0.2) is 13.9 Å². The van der Waals surface area contributed by atoms with Gasteiger partial charge in [0.15, 0.2) is 12.3 Å². The summed E-state index contributed by atoms with van der Waals surface area (Å²) in [7, 11) is 2.09. The molecule has 0 aromatic heterocycles. The van der Waals surface area contributed by atoms with E-state index >= 15 is 0 Å². The number of aryl methyl sites for hydroxylation is 1. The minimum absolute atomic E-state index is 0.241. The van der Waals surface area contributed by atoms with E-state index in [-0.39, 0.29) is 11.9 Å². The van der Waals surface area contributed by atoms with Gasteiger partial charge in [-0.15, -0.1) is 0 Å². The molecule has 0 bridgehead atoms. The Balaban J connectivity index is 1.63. The number of aliphatic hydroxyl groups is 2. The molecule has 3 aromatic rings. The molecule has 5 nitrogen and oxygen atoms in total. The van der Waals surface area contributed by atoms with E-state index in [9.17, 15) is 14.6 Å². The molecular formula is C40H51FN3O2+. The van der Waals surface area contributed by atoms with Crippen LogP contribution in [-0.2, 0) is 11.3 Å². The largest absolute Gasteiger partial charge is 0.367 e. The van der Waals surface area contributed by atoms with Crippen molar-refractivity contribution in [3.8, 4) is 0 Å². The smallest absolute Gasteiger partial charge is 0.253 e. The molecule has 1 fully saturated rings. The highest BCUT2D eigenvalue weighted by molar-refractivity contribution is 5.88. The number of hydrogen-bond donors (Lipinski definition) is 2. The fraction of sp³-hybridized carbons (Fsp3) is 0.375. The van der Waals surface area contributed by atoms with Gasteiger partial charge < -0.3 is 15.1 Å². The number of piperazine rings is 1. The van der Waals surface area contributed by atoms with E-state index in [0.717, 1.165) is 46.2 Å². The van der Waals surface area contributed by atoms with Gasteiger partial charge in [0.25, 0.3) is 5.91 Å². The van der Waals surface area contributed by atoms with Crippen LogP contribution in [0.4, 0.5) is 10.1 Å². The first-order valence-electron chi connectivity index (χ1n) is 16.3. The van der Waals surface area contributed by atoms with Crippen molar-refractivity contribution in [1.82, 2.24) is 4.90 Å². The molecule has 244 valence electrons. The van der Waals surface area contributed by atoms with Gasteiger partial charge in [0.05, 0.1) is 5.69 Å². The number of allylic oxidation sites excluding steroid dienone is 2. The highest BCUT2D eigenvalue weighted by Crippen LogP contribution is 2.40. The normalized spacial score (nSPS) is 16.0. The molecule has 4 rings (SSSR count). The molecule has 0 aliphatic carbocycles. The molecule has 1 saturated heterocycles. The SMILES string of the molecule is C=Cc1cccc(/C(=C\C=[N+](C)C(C=C)CCC)C(C)(C)c2ccc(C(O)(O)N3CCN(c4ccc(C)cc4F)CC3)cc2)c1C. The molecule has 0 spiro atoms. The minimum Gasteiger partial charge on any atom is -0.367 e. The maximum atomic E-state index is 14.6. The third-order valence-electron chi connectivity index (χ3n) is 9.57. The van der Waals surface area contributed by atoms with Gasteiger partial charge in [-0.1, -0.05) is 88.5 Å². The van der Waals surface area contributed by atoms with Crippen molar-refractivity contribution in [3.63, 3.8) is 0 Å². The van der Waals surface area contributed by atoms with E-state index < -0.39 is 11.3 Å². The molecule has 0 amide bonds. The van der Waals surface area contributed by atoms with E-state index in [1.807, 2.05) is 42.2 Å². The summed E-state index contributed by atoms with van der Waals surface area (Å²) in [6.45, 7) is 20.4. The molecule has 6 heteroatoms. The first-order chi connectivity index (χ1) is 21.8. The Morgan fingerprint density at radius 3 is 2.22 bits per heavy atom. The topological polar surface area (TPSA) is 50.0 Å². The Labute approximate surface area is 275 Å². The van der Waals surface area contributed by atoms with E-state index in [2.05, 4.69) is 83.0 Å². The van der Waals surface area contributed by atoms with Gasteiger partial charge in [0.2, 0.25) is 0 Å². The molecule has 1 aliphatic heterocycles. The van der Waals surface area contributed by atoms with Gasteiger partial charge in [-0.2, -0.15) is 0 Å². The quantitative estimate of drug-likeness (QED) is 0.0953. The first kappa shape index (κ1) is 35.0. The summed E-state index contributed by atoms with van der Waals surface area (Å²) in [6, 6.07) is 19.4. The average Bonchev–Trinajstić information content (AvgIpc) is 3.04. The van der Waals surface area contributed by atoms with Gasteiger partial charge in [0, 0.05) is 49.7 Å². The van der Waals surface area contributed by atoms with Crippen molar-refractivity contribution in [2.45, 2.75) is 64.8 Å². The summed E-state index contributed by atoms with van der Waals surface area (Å²) in [5.41, 5.74) is 6.98. The molecule has 2 N–H and O–H groups in total. The highest BCUT2D eigenvalue weighted by atomic mass is 19.1. The molecular weight excluding hydrogens is 573 g/mol. The summed E-state index contributed by atoms with van der Waals surface area (Å²) in [5.74, 6) is -2.40. The van der Waals surface area contributed by atoms with E-state index in [4.69, 9.17) is 0 Å². The number of rotatable bonds is 12. The van der Waals surface area contributed by atoms with Crippen LogP contribution in [0.15, 0.2) is 86.0 Å². The molecule has 0 saturated carbocycles. The monoisotopic (exact) mass is 624 g/mol. The maximum absolute atomic E-state index is 14.6. The molecule has 1 unspecified atom stereocenters. The summed E-state index contributed by atoms with van der Waals surface area (Å²) in [6.07, 6.45) is 10.3. The standard InChI is InChI=1S/C40H51FN3O2/c1-9-13-34(11-3)42(8)23-22-36(35-15-12-14-31(10-2)30(35)5)39(6,7)32-17-19-33(20-18-32)40(45,46)44-26-24-43(25-27-44)38-21-16-29(4)28-37(38)41/h10-12,14-23,28,34,45-46H,2-3,9,13,24-27H2,1,4-8H3/q+1/b36-22+,42-23?. The summed E-state index contributed by atoms with van der Waals surface area (Å²) >= 11 is 0. The van der Waals surface area contributed by atoms with Crippen molar-refractivity contribution in [1.29, 1.82) is 0 Å². The second-order valence-electron chi connectivity index (χ2n) is 13.0. The Bertz CT molecular complexity index is 1600. The van der Waals surface area contributed by atoms with Crippen LogP contribution in [0.3, 0.4) is 0 Å². The van der Waals surface area contributed by atoms with E-state index in [0.29, 0.717) is 37.4 Å². The first-order valence-corrected chi connectivity index (χ1v) is 16.3.